The summed E-state index contributed by atoms with van der Waals surface area (Å²) in [4.78, 5) is 45.1. The van der Waals surface area contributed by atoms with Gasteiger partial charge in [-0.1, -0.05) is 45.4 Å². The van der Waals surface area contributed by atoms with Crippen molar-refractivity contribution in [2.24, 2.45) is 11.3 Å². The van der Waals surface area contributed by atoms with E-state index in [1.54, 1.807) is 11.0 Å². The van der Waals surface area contributed by atoms with E-state index in [4.69, 9.17) is 0 Å². The molecule has 1 aromatic rings. The molecule has 0 unspecified atom stereocenters. The number of likely N-dealkylation sites (tertiary alicyclic amines) is 1. The molecular weight excluding hydrogens is 490 g/mol. The molecule has 0 radical (unpaired) electrons. The highest BCUT2D eigenvalue weighted by Gasteiger charge is 2.32. The lowest BCUT2D eigenvalue weighted by molar-refractivity contribution is -0.140. The van der Waals surface area contributed by atoms with Gasteiger partial charge in [0.15, 0.2) is 0 Å². The van der Waals surface area contributed by atoms with Gasteiger partial charge in [0, 0.05) is 25.0 Å². The first kappa shape index (κ1) is 28.9. The van der Waals surface area contributed by atoms with Crippen molar-refractivity contribution in [2.45, 2.75) is 66.2 Å². The Morgan fingerprint density at radius 2 is 1.85 bits per heavy atom. The number of rotatable bonds is 10. The second-order valence-electron chi connectivity index (χ2n) is 11.7. The quantitative estimate of drug-likeness (QED) is 0.458. The molecule has 0 spiro atoms. The van der Waals surface area contributed by atoms with Crippen LogP contribution in [0.2, 0.25) is 0 Å². The van der Waals surface area contributed by atoms with E-state index in [-0.39, 0.29) is 23.1 Å². The molecule has 3 amide bonds. The third kappa shape index (κ3) is 6.90. The minimum atomic E-state index is -0.287. The van der Waals surface area contributed by atoms with E-state index in [9.17, 15) is 14.4 Å². The molecule has 3 aliphatic heterocycles. The van der Waals surface area contributed by atoms with Gasteiger partial charge in [-0.05, 0) is 76.2 Å². The van der Waals surface area contributed by atoms with Crippen molar-refractivity contribution in [2.75, 3.05) is 44.6 Å². The maximum Gasteiger partial charge on any atom is 0.257 e. The maximum absolute atomic E-state index is 13.4. The number of hydrogen-bond donors (Lipinski definition) is 2. The minimum Gasteiger partial charge on any atom is -0.343 e. The molecule has 0 atom stereocenters. The number of anilines is 1. The number of nitrogens with zero attached hydrogens (tertiary/aromatic N) is 3. The molecule has 8 heteroatoms. The van der Waals surface area contributed by atoms with Gasteiger partial charge >= 0.3 is 0 Å². The average molecular weight is 536 g/mol. The van der Waals surface area contributed by atoms with Crippen LogP contribution in [0.5, 0.6) is 0 Å². The van der Waals surface area contributed by atoms with Gasteiger partial charge < -0.3 is 15.5 Å². The van der Waals surface area contributed by atoms with Crippen molar-refractivity contribution in [1.82, 2.24) is 20.0 Å². The molecule has 212 valence electrons. The Bertz CT molecular complexity index is 1120. The second-order valence-corrected chi connectivity index (χ2v) is 11.7. The van der Waals surface area contributed by atoms with Gasteiger partial charge in [-0.25, -0.2) is 0 Å². The zero-order valence-corrected chi connectivity index (χ0v) is 24.1. The average Bonchev–Trinajstić information content (AvgIpc) is 3.07. The number of nitrogens with one attached hydrogen (secondary N) is 2. The summed E-state index contributed by atoms with van der Waals surface area (Å²) in [5.74, 6) is 1.39. The van der Waals surface area contributed by atoms with Gasteiger partial charge in [-0.2, -0.15) is 0 Å². The molecule has 0 aromatic heterocycles. The first-order valence-electron chi connectivity index (χ1n) is 14.6. The fourth-order valence-corrected chi connectivity index (χ4v) is 6.01. The standard InChI is InChI=1S/C31H45N5O3/c1-5-17-31(3,4)30(39)35(6-2)18-9-11-23-15-20-34(21-16-23)22-27(37)36-19-10-14-26-28(36)32-25-13-8-7-12-24(25)29(38)33-26/h7-8,10,12-14,23,32H,5-6,9,11,15-22H2,1-4H3,(H,33,38). The van der Waals surface area contributed by atoms with E-state index in [1.807, 2.05) is 35.3 Å². The summed E-state index contributed by atoms with van der Waals surface area (Å²) in [6.07, 6.45) is 10.0. The van der Waals surface area contributed by atoms with E-state index in [0.717, 1.165) is 64.7 Å². The first-order chi connectivity index (χ1) is 18.7. The summed E-state index contributed by atoms with van der Waals surface area (Å²) >= 11 is 0. The highest BCUT2D eigenvalue weighted by molar-refractivity contribution is 6.02. The highest BCUT2D eigenvalue weighted by atomic mass is 16.2. The normalized spacial score (nSPS) is 18.2. The van der Waals surface area contributed by atoms with Crippen LogP contribution >= 0.6 is 0 Å². The zero-order chi connectivity index (χ0) is 28.0. The van der Waals surface area contributed by atoms with Crippen molar-refractivity contribution >= 4 is 23.4 Å². The van der Waals surface area contributed by atoms with Crippen LogP contribution in [-0.2, 0) is 9.59 Å². The number of carbonyl (C=O) groups excluding carboxylic acids is 3. The summed E-state index contributed by atoms with van der Waals surface area (Å²) in [5.41, 5.74) is 1.59. The van der Waals surface area contributed by atoms with Crippen molar-refractivity contribution in [3.63, 3.8) is 0 Å². The van der Waals surface area contributed by atoms with E-state index < -0.39 is 0 Å². The van der Waals surface area contributed by atoms with Gasteiger partial charge in [0.25, 0.3) is 5.91 Å². The molecule has 1 fully saturated rings. The Kier molecular flexibility index (Phi) is 9.49. The number of hydrogen-bond acceptors (Lipinski definition) is 5. The molecule has 8 nitrogen and oxygen atoms in total. The van der Waals surface area contributed by atoms with Gasteiger partial charge in [-0.3, -0.25) is 24.2 Å². The Morgan fingerprint density at radius 3 is 2.56 bits per heavy atom. The number of para-hydroxylation sites is 1. The smallest absolute Gasteiger partial charge is 0.257 e. The Hall–Kier alpha value is -3.13. The topological polar surface area (TPSA) is 85.0 Å². The fourth-order valence-electron chi connectivity index (χ4n) is 6.01. The predicted octanol–water partition coefficient (Wildman–Crippen LogP) is 4.58. The highest BCUT2D eigenvalue weighted by Crippen LogP contribution is 2.28. The van der Waals surface area contributed by atoms with Crippen LogP contribution in [0.3, 0.4) is 0 Å². The summed E-state index contributed by atoms with van der Waals surface area (Å²) in [5, 5.41) is 6.28. The molecule has 39 heavy (non-hydrogen) atoms. The number of carbonyl (C=O) groups is 3. The van der Waals surface area contributed by atoms with E-state index in [1.165, 1.54) is 0 Å². The molecule has 1 aromatic carbocycles. The summed E-state index contributed by atoms with van der Waals surface area (Å²) in [6, 6.07) is 7.35. The van der Waals surface area contributed by atoms with E-state index in [2.05, 4.69) is 43.2 Å². The number of piperidine rings is 1. The molecule has 0 bridgehead atoms. The fraction of sp³-hybridized carbons (Fsp3) is 0.581. The number of allylic oxidation sites excluding steroid dienone is 1. The number of benzene rings is 1. The Morgan fingerprint density at radius 1 is 1.10 bits per heavy atom. The third-order valence-electron chi connectivity index (χ3n) is 8.30. The van der Waals surface area contributed by atoms with Crippen LogP contribution in [-0.4, -0.2) is 71.7 Å². The van der Waals surface area contributed by atoms with Crippen molar-refractivity contribution in [3.05, 3.63) is 53.5 Å². The summed E-state index contributed by atoms with van der Waals surface area (Å²) < 4.78 is 0. The van der Waals surface area contributed by atoms with Crippen LogP contribution in [0.15, 0.2) is 47.9 Å². The zero-order valence-electron chi connectivity index (χ0n) is 24.1. The molecule has 0 saturated carbocycles. The van der Waals surface area contributed by atoms with E-state index >= 15 is 0 Å². The second kappa shape index (κ2) is 12.8. The molecular formula is C31H45N5O3. The Labute approximate surface area is 233 Å². The summed E-state index contributed by atoms with van der Waals surface area (Å²) in [6.45, 7) is 12.6. The van der Waals surface area contributed by atoms with Crippen molar-refractivity contribution in [1.29, 1.82) is 0 Å². The van der Waals surface area contributed by atoms with Crippen molar-refractivity contribution < 1.29 is 14.4 Å². The molecule has 2 N–H and O–H groups in total. The Balaban J connectivity index is 1.25. The van der Waals surface area contributed by atoms with Gasteiger partial charge in [0.1, 0.15) is 5.82 Å². The van der Waals surface area contributed by atoms with Crippen LogP contribution in [0.4, 0.5) is 5.69 Å². The molecule has 4 rings (SSSR count). The lowest BCUT2D eigenvalue weighted by atomic mass is 9.86. The molecule has 3 heterocycles. The molecule has 1 saturated heterocycles. The number of fused-ring (bicyclic) bond motifs is 1. The molecule has 3 aliphatic rings. The maximum atomic E-state index is 13.4. The van der Waals surface area contributed by atoms with E-state index in [0.29, 0.717) is 41.8 Å². The first-order valence-corrected chi connectivity index (χ1v) is 14.6. The minimum absolute atomic E-state index is 0.0261. The van der Waals surface area contributed by atoms with Gasteiger partial charge in [0.05, 0.1) is 23.5 Å². The SMILES string of the molecule is CCCC(C)(C)C(=O)N(CC)CCCC1CCN(CC(=O)N2CC=CC3=C2Nc2ccccc2C(=O)N3)CC1. The monoisotopic (exact) mass is 535 g/mol. The van der Waals surface area contributed by atoms with Crippen LogP contribution in [0.25, 0.3) is 0 Å². The van der Waals surface area contributed by atoms with Crippen LogP contribution in [0, 0.1) is 11.3 Å². The summed E-state index contributed by atoms with van der Waals surface area (Å²) in [7, 11) is 0. The van der Waals surface area contributed by atoms with Crippen molar-refractivity contribution in [3.8, 4) is 0 Å². The molecule has 0 aliphatic carbocycles. The predicted molar refractivity (Wildman–Crippen MR) is 155 cm³/mol. The van der Waals surface area contributed by atoms with Crippen LogP contribution in [0.1, 0.15) is 76.6 Å². The van der Waals surface area contributed by atoms with Crippen LogP contribution < -0.4 is 10.6 Å². The number of amides is 3. The van der Waals surface area contributed by atoms with Gasteiger partial charge in [-0.15, -0.1) is 0 Å². The lowest BCUT2D eigenvalue weighted by Crippen LogP contribution is -2.45. The lowest BCUT2D eigenvalue weighted by Gasteiger charge is -2.35. The third-order valence-corrected chi connectivity index (χ3v) is 8.30. The largest absolute Gasteiger partial charge is 0.343 e. The van der Waals surface area contributed by atoms with Gasteiger partial charge in [0.2, 0.25) is 11.8 Å².